The molecule has 1 heterocycles. The second-order valence-electron chi connectivity index (χ2n) is 5.50. The van der Waals surface area contributed by atoms with Crippen LogP contribution in [0.15, 0.2) is 24.3 Å². The summed E-state index contributed by atoms with van der Waals surface area (Å²) < 4.78 is 13.0. The minimum atomic E-state index is -0.475. The summed E-state index contributed by atoms with van der Waals surface area (Å²) in [4.78, 5) is 49.0. The van der Waals surface area contributed by atoms with Gasteiger partial charge in [-0.15, -0.1) is 0 Å². The van der Waals surface area contributed by atoms with E-state index >= 15 is 0 Å². The quantitative estimate of drug-likeness (QED) is 0.778. The third-order valence-corrected chi connectivity index (χ3v) is 3.62. The third kappa shape index (κ3) is 4.61. The van der Waals surface area contributed by atoms with Crippen LogP contribution in [0, 0.1) is 5.82 Å². The lowest BCUT2D eigenvalue weighted by Gasteiger charge is -2.19. The van der Waals surface area contributed by atoms with Crippen molar-refractivity contribution in [2.45, 2.75) is 19.3 Å². The first-order valence-electron chi connectivity index (χ1n) is 7.49. The van der Waals surface area contributed by atoms with Gasteiger partial charge in [0.15, 0.2) is 0 Å². The van der Waals surface area contributed by atoms with Crippen molar-refractivity contribution in [3.05, 3.63) is 30.1 Å². The zero-order valence-corrected chi connectivity index (χ0v) is 13.3. The van der Waals surface area contributed by atoms with E-state index in [-0.39, 0.29) is 50.1 Å². The molecule has 1 aromatic carbocycles. The fraction of sp³-hybridized carbons (Fsp3) is 0.375. The van der Waals surface area contributed by atoms with Gasteiger partial charge in [-0.3, -0.25) is 24.1 Å². The number of carbonyl (C=O) groups is 4. The summed E-state index contributed by atoms with van der Waals surface area (Å²) in [5.74, 6) is -1.86. The molecule has 8 heteroatoms. The first kappa shape index (κ1) is 17.6. The molecule has 0 aromatic heterocycles. The second-order valence-corrected chi connectivity index (χ2v) is 5.50. The molecule has 0 saturated carbocycles. The highest BCUT2D eigenvalue weighted by Crippen LogP contribution is 2.12. The number of hydrogen-bond donors (Lipinski definition) is 1. The molecule has 7 nitrogen and oxygen atoms in total. The van der Waals surface area contributed by atoms with E-state index in [4.69, 9.17) is 0 Å². The van der Waals surface area contributed by atoms with Gasteiger partial charge in [-0.05, 0) is 18.2 Å². The van der Waals surface area contributed by atoms with Crippen LogP contribution >= 0.6 is 0 Å². The van der Waals surface area contributed by atoms with Crippen molar-refractivity contribution in [3.63, 3.8) is 0 Å². The number of halogens is 1. The van der Waals surface area contributed by atoms with E-state index in [9.17, 15) is 23.6 Å². The van der Waals surface area contributed by atoms with E-state index < -0.39 is 11.7 Å². The number of likely N-dealkylation sites (tertiary alicyclic amines) is 1. The lowest BCUT2D eigenvalue weighted by Crippen LogP contribution is -2.38. The first-order chi connectivity index (χ1) is 11.4. The summed E-state index contributed by atoms with van der Waals surface area (Å²) in [5, 5.41) is 2.49. The topological polar surface area (TPSA) is 86.8 Å². The Morgan fingerprint density at radius 3 is 2.54 bits per heavy atom. The van der Waals surface area contributed by atoms with Gasteiger partial charge in [-0.2, -0.15) is 0 Å². The number of anilines is 1. The monoisotopic (exact) mass is 335 g/mol. The Labute approximate surface area is 138 Å². The zero-order valence-electron chi connectivity index (χ0n) is 13.3. The molecular weight excluding hydrogens is 317 g/mol. The molecule has 1 saturated heterocycles. The van der Waals surface area contributed by atoms with E-state index in [0.29, 0.717) is 5.69 Å². The Morgan fingerprint density at radius 2 is 1.92 bits per heavy atom. The van der Waals surface area contributed by atoms with Crippen molar-refractivity contribution < 1.29 is 23.6 Å². The molecule has 2 rings (SSSR count). The SMILES string of the molecule is CN(CC(=O)Nc1cccc(F)c1)C(=O)CCN1C(=O)CCC1=O. The van der Waals surface area contributed by atoms with Crippen LogP contribution in [0.2, 0.25) is 0 Å². The number of amides is 4. The third-order valence-electron chi connectivity index (χ3n) is 3.62. The summed E-state index contributed by atoms with van der Waals surface area (Å²) in [6, 6.07) is 5.42. The van der Waals surface area contributed by atoms with Crippen LogP contribution in [0.25, 0.3) is 0 Å². The minimum Gasteiger partial charge on any atom is -0.336 e. The summed E-state index contributed by atoms with van der Waals surface area (Å²) >= 11 is 0. The fourth-order valence-electron chi connectivity index (χ4n) is 2.34. The van der Waals surface area contributed by atoms with Gasteiger partial charge in [0.25, 0.3) is 0 Å². The second kappa shape index (κ2) is 7.67. The number of nitrogens with zero attached hydrogens (tertiary/aromatic N) is 2. The predicted molar refractivity (Wildman–Crippen MR) is 83.2 cm³/mol. The molecule has 1 aromatic rings. The number of carbonyl (C=O) groups excluding carboxylic acids is 4. The highest BCUT2D eigenvalue weighted by molar-refractivity contribution is 6.02. The van der Waals surface area contributed by atoms with E-state index in [1.807, 2.05) is 0 Å². The van der Waals surface area contributed by atoms with Crippen LogP contribution in [-0.4, -0.2) is 53.6 Å². The van der Waals surface area contributed by atoms with Crippen LogP contribution in [0.3, 0.4) is 0 Å². The number of nitrogens with one attached hydrogen (secondary N) is 1. The zero-order chi connectivity index (χ0) is 17.7. The molecule has 0 bridgehead atoms. The normalized spacial score (nSPS) is 14.0. The summed E-state index contributed by atoms with van der Waals surface area (Å²) in [6.45, 7) is -0.191. The smallest absolute Gasteiger partial charge is 0.243 e. The van der Waals surface area contributed by atoms with E-state index in [2.05, 4.69) is 5.32 Å². The van der Waals surface area contributed by atoms with Crippen LogP contribution in [-0.2, 0) is 19.2 Å². The van der Waals surface area contributed by atoms with Gasteiger partial charge in [-0.25, -0.2) is 4.39 Å². The molecule has 1 fully saturated rings. The molecule has 24 heavy (non-hydrogen) atoms. The largest absolute Gasteiger partial charge is 0.336 e. The van der Waals surface area contributed by atoms with Crippen LogP contribution in [0.4, 0.5) is 10.1 Å². The Bertz CT molecular complexity index is 661. The average molecular weight is 335 g/mol. The van der Waals surface area contributed by atoms with Crippen molar-refractivity contribution in [2.24, 2.45) is 0 Å². The summed E-state index contributed by atoms with van der Waals surface area (Å²) in [6.07, 6.45) is 0.318. The minimum absolute atomic E-state index is 0.0202. The standard InChI is InChI=1S/C16H18FN3O4/c1-19(10-13(21)18-12-4-2-3-11(17)9-12)14(22)7-8-20-15(23)5-6-16(20)24/h2-4,9H,5-8,10H2,1H3,(H,18,21). The Hall–Kier alpha value is -2.77. The van der Waals surface area contributed by atoms with Gasteiger partial charge in [0.1, 0.15) is 5.82 Å². The van der Waals surface area contributed by atoms with Gasteiger partial charge in [0, 0.05) is 38.5 Å². The molecule has 0 radical (unpaired) electrons. The van der Waals surface area contributed by atoms with Crippen LogP contribution in [0.1, 0.15) is 19.3 Å². The molecule has 4 amide bonds. The molecular formula is C16H18FN3O4. The van der Waals surface area contributed by atoms with Gasteiger partial charge in [0.05, 0.1) is 6.54 Å². The van der Waals surface area contributed by atoms with E-state index in [1.165, 1.54) is 36.2 Å². The maximum Gasteiger partial charge on any atom is 0.243 e. The average Bonchev–Trinajstić information content (AvgIpc) is 2.83. The predicted octanol–water partition coefficient (Wildman–Crippen LogP) is 0.762. The summed E-state index contributed by atoms with van der Waals surface area (Å²) in [5.41, 5.74) is 0.300. The first-order valence-corrected chi connectivity index (χ1v) is 7.49. The molecule has 0 atom stereocenters. The number of imide groups is 1. The molecule has 1 aliphatic rings. The molecule has 0 unspecified atom stereocenters. The molecule has 0 spiro atoms. The van der Waals surface area contributed by atoms with Crippen molar-refractivity contribution in [1.29, 1.82) is 0 Å². The maximum absolute atomic E-state index is 13.0. The van der Waals surface area contributed by atoms with Gasteiger partial charge in [0.2, 0.25) is 23.6 Å². The number of hydrogen-bond acceptors (Lipinski definition) is 4. The molecule has 0 aliphatic carbocycles. The molecule has 1 N–H and O–H groups in total. The fourth-order valence-corrected chi connectivity index (χ4v) is 2.34. The highest BCUT2D eigenvalue weighted by Gasteiger charge is 2.29. The lowest BCUT2D eigenvalue weighted by atomic mass is 10.3. The maximum atomic E-state index is 13.0. The highest BCUT2D eigenvalue weighted by atomic mass is 19.1. The Kier molecular flexibility index (Phi) is 5.62. The Morgan fingerprint density at radius 1 is 1.25 bits per heavy atom. The Balaban J connectivity index is 1.79. The van der Waals surface area contributed by atoms with Gasteiger partial charge < -0.3 is 10.2 Å². The number of likely N-dealkylation sites (N-methyl/N-ethyl adjacent to an activating group) is 1. The number of benzene rings is 1. The lowest BCUT2D eigenvalue weighted by molar-refractivity contribution is -0.140. The molecule has 1 aliphatic heterocycles. The van der Waals surface area contributed by atoms with Crippen molar-refractivity contribution >= 4 is 29.3 Å². The van der Waals surface area contributed by atoms with E-state index in [0.717, 1.165) is 4.90 Å². The van der Waals surface area contributed by atoms with Gasteiger partial charge >= 0.3 is 0 Å². The van der Waals surface area contributed by atoms with Gasteiger partial charge in [-0.1, -0.05) is 6.07 Å². The van der Waals surface area contributed by atoms with Crippen molar-refractivity contribution in [2.75, 3.05) is 25.5 Å². The van der Waals surface area contributed by atoms with Crippen LogP contribution < -0.4 is 5.32 Å². The summed E-state index contributed by atoms with van der Waals surface area (Å²) in [7, 11) is 1.45. The number of rotatable bonds is 6. The van der Waals surface area contributed by atoms with E-state index in [1.54, 1.807) is 0 Å². The van der Waals surface area contributed by atoms with Crippen molar-refractivity contribution in [1.82, 2.24) is 9.80 Å². The van der Waals surface area contributed by atoms with Crippen molar-refractivity contribution in [3.8, 4) is 0 Å². The molecule has 128 valence electrons. The van der Waals surface area contributed by atoms with Crippen LogP contribution in [0.5, 0.6) is 0 Å².